The molecular formula is C16H22F3NO. The van der Waals surface area contributed by atoms with Crippen molar-refractivity contribution in [3.8, 4) is 5.75 Å². The summed E-state index contributed by atoms with van der Waals surface area (Å²) in [5, 5.41) is 3.18. The monoisotopic (exact) mass is 301 g/mol. The van der Waals surface area contributed by atoms with E-state index in [0.717, 1.165) is 17.7 Å². The van der Waals surface area contributed by atoms with Gasteiger partial charge in [-0.3, -0.25) is 0 Å². The largest absolute Gasteiger partial charge is 0.492 e. The molecule has 1 aromatic rings. The zero-order chi connectivity index (χ0) is 15.3. The summed E-state index contributed by atoms with van der Waals surface area (Å²) in [4.78, 5) is 0. The van der Waals surface area contributed by atoms with Crippen molar-refractivity contribution < 1.29 is 17.9 Å². The molecule has 1 aliphatic carbocycles. The van der Waals surface area contributed by atoms with Gasteiger partial charge >= 0.3 is 6.18 Å². The predicted octanol–water partition coefficient (Wildman–Crippen LogP) is 4.08. The Morgan fingerprint density at radius 2 is 2.10 bits per heavy atom. The van der Waals surface area contributed by atoms with Crippen LogP contribution in [0.1, 0.15) is 31.2 Å². The zero-order valence-corrected chi connectivity index (χ0v) is 12.2. The van der Waals surface area contributed by atoms with Gasteiger partial charge in [-0.15, -0.1) is 0 Å². The first-order chi connectivity index (χ1) is 9.95. The maximum absolute atomic E-state index is 12.7. The SMILES string of the molecule is Cc1cccc(OCCNC2CCCC(C(F)(F)F)C2)c1. The van der Waals surface area contributed by atoms with Gasteiger partial charge in [0.1, 0.15) is 12.4 Å². The van der Waals surface area contributed by atoms with Crippen molar-refractivity contribution in [2.24, 2.45) is 5.92 Å². The number of hydrogen-bond acceptors (Lipinski definition) is 2. The van der Waals surface area contributed by atoms with Crippen LogP contribution < -0.4 is 10.1 Å². The van der Waals surface area contributed by atoms with Crippen LogP contribution in [0.25, 0.3) is 0 Å². The van der Waals surface area contributed by atoms with E-state index in [9.17, 15) is 13.2 Å². The average molecular weight is 301 g/mol. The highest BCUT2D eigenvalue weighted by atomic mass is 19.4. The van der Waals surface area contributed by atoms with Crippen molar-refractivity contribution in [3.05, 3.63) is 29.8 Å². The molecule has 1 saturated carbocycles. The zero-order valence-electron chi connectivity index (χ0n) is 12.2. The van der Waals surface area contributed by atoms with E-state index in [-0.39, 0.29) is 18.9 Å². The van der Waals surface area contributed by atoms with E-state index in [1.807, 2.05) is 31.2 Å². The number of rotatable bonds is 5. The number of benzene rings is 1. The van der Waals surface area contributed by atoms with Gasteiger partial charge < -0.3 is 10.1 Å². The van der Waals surface area contributed by atoms with E-state index >= 15 is 0 Å². The summed E-state index contributed by atoms with van der Waals surface area (Å²) in [7, 11) is 0. The first-order valence-corrected chi connectivity index (χ1v) is 7.45. The van der Waals surface area contributed by atoms with Gasteiger partial charge in [0.2, 0.25) is 0 Å². The molecular weight excluding hydrogens is 279 g/mol. The minimum Gasteiger partial charge on any atom is -0.492 e. The molecule has 118 valence electrons. The fraction of sp³-hybridized carbons (Fsp3) is 0.625. The van der Waals surface area contributed by atoms with E-state index in [0.29, 0.717) is 19.6 Å². The maximum Gasteiger partial charge on any atom is 0.391 e. The Balaban J connectivity index is 1.69. The van der Waals surface area contributed by atoms with Crippen LogP contribution in [0, 0.1) is 12.8 Å². The van der Waals surface area contributed by atoms with Crippen LogP contribution in [0.4, 0.5) is 13.2 Å². The van der Waals surface area contributed by atoms with Crippen molar-refractivity contribution in [2.45, 2.75) is 44.8 Å². The second kappa shape index (κ2) is 7.16. The summed E-state index contributed by atoms with van der Waals surface area (Å²) in [6.45, 7) is 3.03. The van der Waals surface area contributed by atoms with Crippen molar-refractivity contribution in [3.63, 3.8) is 0 Å². The second-order valence-electron chi connectivity index (χ2n) is 5.72. The van der Waals surface area contributed by atoms with E-state index in [1.165, 1.54) is 0 Å². The molecule has 0 saturated heterocycles. The van der Waals surface area contributed by atoms with Crippen molar-refractivity contribution >= 4 is 0 Å². The van der Waals surface area contributed by atoms with E-state index in [4.69, 9.17) is 4.74 Å². The lowest BCUT2D eigenvalue weighted by molar-refractivity contribution is -0.183. The normalized spacial score (nSPS) is 23.0. The second-order valence-corrected chi connectivity index (χ2v) is 5.72. The van der Waals surface area contributed by atoms with Gasteiger partial charge in [0.15, 0.2) is 0 Å². The molecule has 0 bridgehead atoms. The molecule has 2 nitrogen and oxygen atoms in total. The minimum absolute atomic E-state index is 0.0496. The van der Waals surface area contributed by atoms with Crippen LogP contribution in [0.5, 0.6) is 5.75 Å². The molecule has 0 amide bonds. The van der Waals surface area contributed by atoms with Gasteiger partial charge in [0.25, 0.3) is 0 Å². The number of nitrogens with one attached hydrogen (secondary N) is 1. The van der Waals surface area contributed by atoms with Crippen LogP contribution in [0.2, 0.25) is 0 Å². The molecule has 0 aliphatic heterocycles. The molecule has 0 aromatic heterocycles. The van der Waals surface area contributed by atoms with E-state index in [1.54, 1.807) is 0 Å². The van der Waals surface area contributed by atoms with Crippen LogP contribution in [0.3, 0.4) is 0 Å². The molecule has 21 heavy (non-hydrogen) atoms. The number of ether oxygens (including phenoxy) is 1. The van der Waals surface area contributed by atoms with Crippen LogP contribution in [0.15, 0.2) is 24.3 Å². The summed E-state index contributed by atoms with van der Waals surface area (Å²) in [6.07, 6.45) is -2.15. The Kier molecular flexibility index (Phi) is 5.51. The summed E-state index contributed by atoms with van der Waals surface area (Å²) in [5.74, 6) is -0.352. The molecule has 1 fully saturated rings. The highest BCUT2D eigenvalue weighted by molar-refractivity contribution is 5.27. The Bertz CT molecular complexity index is 447. The Morgan fingerprint density at radius 1 is 1.29 bits per heavy atom. The Morgan fingerprint density at radius 3 is 2.81 bits per heavy atom. The standard InChI is InChI=1S/C16H22F3NO/c1-12-4-2-7-15(10-12)21-9-8-20-14-6-3-5-13(11-14)16(17,18)19/h2,4,7,10,13-14,20H,3,5-6,8-9,11H2,1H3. The molecule has 2 rings (SSSR count). The van der Waals surface area contributed by atoms with Crippen molar-refractivity contribution in [1.29, 1.82) is 0 Å². The van der Waals surface area contributed by atoms with Crippen molar-refractivity contribution in [2.75, 3.05) is 13.2 Å². The lowest BCUT2D eigenvalue weighted by Gasteiger charge is -2.31. The molecule has 1 N–H and O–H groups in total. The van der Waals surface area contributed by atoms with Crippen LogP contribution >= 0.6 is 0 Å². The summed E-state index contributed by atoms with van der Waals surface area (Å²) in [5.41, 5.74) is 1.13. The third kappa shape index (κ3) is 5.23. The van der Waals surface area contributed by atoms with Crippen molar-refractivity contribution in [1.82, 2.24) is 5.32 Å². The average Bonchev–Trinajstić information content (AvgIpc) is 2.43. The van der Waals surface area contributed by atoms with E-state index < -0.39 is 12.1 Å². The fourth-order valence-electron chi connectivity index (χ4n) is 2.81. The highest BCUT2D eigenvalue weighted by Gasteiger charge is 2.41. The van der Waals surface area contributed by atoms with Gasteiger partial charge in [0.05, 0.1) is 5.92 Å². The summed E-state index contributed by atoms with van der Waals surface area (Å²) in [6, 6.07) is 7.69. The quantitative estimate of drug-likeness (QED) is 0.827. The number of aryl methyl sites for hydroxylation is 1. The molecule has 1 aromatic carbocycles. The predicted molar refractivity (Wildman–Crippen MR) is 76.5 cm³/mol. The minimum atomic E-state index is -4.06. The molecule has 2 atom stereocenters. The van der Waals surface area contributed by atoms with Gasteiger partial charge in [-0.2, -0.15) is 13.2 Å². The van der Waals surface area contributed by atoms with Gasteiger partial charge in [-0.1, -0.05) is 18.6 Å². The smallest absolute Gasteiger partial charge is 0.391 e. The topological polar surface area (TPSA) is 21.3 Å². The molecule has 0 heterocycles. The molecule has 0 radical (unpaired) electrons. The Hall–Kier alpha value is -1.23. The van der Waals surface area contributed by atoms with Gasteiger partial charge in [-0.05, 0) is 43.9 Å². The highest BCUT2D eigenvalue weighted by Crippen LogP contribution is 2.37. The molecule has 1 aliphatic rings. The molecule has 0 spiro atoms. The van der Waals surface area contributed by atoms with Crippen LogP contribution in [-0.4, -0.2) is 25.4 Å². The third-order valence-corrected chi connectivity index (χ3v) is 3.93. The molecule has 5 heteroatoms. The fourth-order valence-corrected chi connectivity index (χ4v) is 2.81. The van der Waals surface area contributed by atoms with Gasteiger partial charge in [0, 0.05) is 12.6 Å². The first kappa shape index (κ1) is 16.1. The lowest BCUT2D eigenvalue weighted by atomic mass is 9.85. The Labute approximate surface area is 123 Å². The van der Waals surface area contributed by atoms with E-state index in [2.05, 4.69) is 5.32 Å². The maximum atomic E-state index is 12.7. The summed E-state index contributed by atoms with van der Waals surface area (Å²) >= 11 is 0. The number of hydrogen-bond donors (Lipinski definition) is 1. The van der Waals surface area contributed by atoms with Crippen LogP contribution in [-0.2, 0) is 0 Å². The lowest BCUT2D eigenvalue weighted by Crippen LogP contribution is -2.40. The molecule has 2 unspecified atom stereocenters. The number of alkyl halides is 3. The first-order valence-electron chi connectivity index (χ1n) is 7.45. The summed E-state index contributed by atoms with van der Waals surface area (Å²) < 4.78 is 43.7. The van der Waals surface area contributed by atoms with Gasteiger partial charge in [-0.25, -0.2) is 0 Å². The third-order valence-electron chi connectivity index (χ3n) is 3.93. The number of halogens is 3.